The van der Waals surface area contributed by atoms with Gasteiger partial charge in [-0.15, -0.1) is 0 Å². The molecule has 0 bridgehead atoms. The number of nitrogen functional groups attached to an aromatic ring is 1. The van der Waals surface area contributed by atoms with Gasteiger partial charge < -0.3 is 20.5 Å². The minimum absolute atomic E-state index is 0.174. The van der Waals surface area contributed by atoms with Gasteiger partial charge in [0.2, 0.25) is 6.79 Å². The Bertz CT molecular complexity index is 703. The van der Waals surface area contributed by atoms with E-state index in [1.165, 1.54) is 0 Å². The highest BCUT2D eigenvalue weighted by atomic mass is 79.9. The van der Waals surface area contributed by atoms with Crippen LogP contribution in [0.25, 0.3) is 0 Å². The molecule has 108 valence electrons. The Balaban J connectivity index is 1.72. The number of fused-ring (bicyclic) bond motifs is 1. The van der Waals surface area contributed by atoms with Crippen LogP contribution in [-0.4, -0.2) is 12.7 Å². The van der Waals surface area contributed by atoms with E-state index in [1.54, 1.807) is 18.2 Å². The molecule has 2 aromatic carbocycles. The summed E-state index contributed by atoms with van der Waals surface area (Å²) in [6.07, 6.45) is 0. The van der Waals surface area contributed by atoms with Crippen LogP contribution in [0.5, 0.6) is 11.5 Å². The summed E-state index contributed by atoms with van der Waals surface area (Å²) in [5.74, 6) is 1.22. The first-order valence-electron chi connectivity index (χ1n) is 6.36. The van der Waals surface area contributed by atoms with Crippen molar-refractivity contribution in [1.29, 1.82) is 0 Å². The van der Waals surface area contributed by atoms with Gasteiger partial charge in [0.05, 0.1) is 0 Å². The number of nitrogens with two attached hydrogens (primary N) is 1. The molecule has 0 radical (unpaired) electrons. The standard InChI is InChI=1S/C15H13BrN2O3/c16-11-6-9(4-5-12(11)17)15(19)18-7-10-2-1-3-13-14(10)21-8-20-13/h1-6H,7-8,17H2,(H,18,19). The summed E-state index contributed by atoms with van der Waals surface area (Å²) in [4.78, 5) is 12.1. The van der Waals surface area contributed by atoms with Gasteiger partial charge in [-0.25, -0.2) is 0 Å². The summed E-state index contributed by atoms with van der Waals surface area (Å²) in [7, 11) is 0. The van der Waals surface area contributed by atoms with Crippen molar-refractivity contribution in [2.45, 2.75) is 6.54 Å². The van der Waals surface area contributed by atoms with Crippen LogP contribution in [0.2, 0.25) is 0 Å². The Hall–Kier alpha value is -2.21. The summed E-state index contributed by atoms with van der Waals surface area (Å²) in [6, 6.07) is 10.7. The molecule has 5 nitrogen and oxygen atoms in total. The second kappa shape index (κ2) is 5.65. The van der Waals surface area contributed by atoms with Crippen LogP contribution in [0.4, 0.5) is 5.69 Å². The molecule has 2 aromatic rings. The van der Waals surface area contributed by atoms with Gasteiger partial charge in [0, 0.05) is 27.8 Å². The van der Waals surface area contributed by atoms with Gasteiger partial charge in [0.25, 0.3) is 5.91 Å². The largest absolute Gasteiger partial charge is 0.454 e. The molecule has 21 heavy (non-hydrogen) atoms. The van der Waals surface area contributed by atoms with Crippen LogP contribution in [0.15, 0.2) is 40.9 Å². The number of rotatable bonds is 3. The molecular formula is C15H13BrN2O3. The Labute approximate surface area is 130 Å². The lowest BCUT2D eigenvalue weighted by molar-refractivity contribution is 0.0950. The number of hydrogen-bond donors (Lipinski definition) is 2. The summed E-state index contributed by atoms with van der Waals surface area (Å²) < 4.78 is 11.4. The Morgan fingerprint density at radius 2 is 2.14 bits per heavy atom. The predicted molar refractivity (Wildman–Crippen MR) is 82.3 cm³/mol. The molecule has 3 N–H and O–H groups in total. The molecule has 0 atom stereocenters. The van der Waals surface area contributed by atoms with Gasteiger partial charge in [0.15, 0.2) is 11.5 Å². The molecule has 6 heteroatoms. The zero-order valence-electron chi connectivity index (χ0n) is 11.1. The lowest BCUT2D eigenvalue weighted by atomic mass is 10.1. The lowest BCUT2D eigenvalue weighted by Crippen LogP contribution is -2.23. The summed E-state index contributed by atoms with van der Waals surface area (Å²) in [6.45, 7) is 0.582. The first-order chi connectivity index (χ1) is 10.1. The summed E-state index contributed by atoms with van der Waals surface area (Å²) in [5, 5.41) is 2.86. The molecule has 1 aliphatic rings. The predicted octanol–water partition coefficient (Wildman–Crippen LogP) is 2.69. The zero-order valence-corrected chi connectivity index (χ0v) is 12.6. The molecule has 0 saturated carbocycles. The molecule has 0 unspecified atom stereocenters. The minimum Gasteiger partial charge on any atom is -0.454 e. The van der Waals surface area contributed by atoms with Crippen molar-refractivity contribution in [3.63, 3.8) is 0 Å². The fraction of sp³-hybridized carbons (Fsp3) is 0.133. The highest BCUT2D eigenvalue weighted by Crippen LogP contribution is 2.35. The van der Waals surface area contributed by atoms with E-state index in [2.05, 4.69) is 21.2 Å². The maximum Gasteiger partial charge on any atom is 0.251 e. The number of carbonyl (C=O) groups is 1. The number of hydrogen-bond acceptors (Lipinski definition) is 4. The van der Waals surface area contributed by atoms with Crippen molar-refractivity contribution in [1.82, 2.24) is 5.32 Å². The fourth-order valence-corrected chi connectivity index (χ4v) is 2.45. The molecule has 0 aromatic heterocycles. The van der Waals surface area contributed by atoms with Crippen molar-refractivity contribution in [2.24, 2.45) is 0 Å². The number of carbonyl (C=O) groups excluding carboxylic acids is 1. The molecule has 0 saturated heterocycles. The highest BCUT2D eigenvalue weighted by Gasteiger charge is 2.17. The van der Waals surface area contributed by atoms with Crippen molar-refractivity contribution >= 4 is 27.5 Å². The molecule has 0 aliphatic carbocycles. The van der Waals surface area contributed by atoms with E-state index in [4.69, 9.17) is 15.2 Å². The average molecular weight is 349 g/mol. The Kier molecular flexibility index (Phi) is 3.70. The smallest absolute Gasteiger partial charge is 0.251 e. The van der Waals surface area contributed by atoms with Gasteiger partial charge in [-0.2, -0.15) is 0 Å². The van der Waals surface area contributed by atoms with Crippen molar-refractivity contribution in [3.05, 3.63) is 52.0 Å². The van der Waals surface area contributed by atoms with E-state index in [0.29, 0.717) is 33.8 Å². The van der Waals surface area contributed by atoms with E-state index >= 15 is 0 Å². The fourth-order valence-electron chi connectivity index (χ4n) is 2.08. The van der Waals surface area contributed by atoms with Crippen molar-refractivity contribution in [2.75, 3.05) is 12.5 Å². The molecule has 0 spiro atoms. The van der Waals surface area contributed by atoms with Crippen LogP contribution in [0.3, 0.4) is 0 Å². The van der Waals surface area contributed by atoms with Crippen LogP contribution in [0, 0.1) is 0 Å². The van der Waals surface area contributed by atoms with Gasteiger partial charge in [0.1, 0.15) is 0 Å². The maximum absolute atomic E-state index is 12.1. The third-order valence-corrected chi connectivity index (χ3v) is 3.87. The molecule has 0 fully saturated rings. The highest BCUT2D eigenvalue weighted by molar-refractivity contribution is 9.10. The number of ether oxygens (including phenoxy) is 2. The number of para-hydroxylation sites is 1. The number of anilines is 1. The number of nitrogens with one attached hydrogen (secondary N) is 1. The van der Waals surface area contributed by atoms with Gasteiger partial charge in [-0.05, 0) is 40.2 Å². The second-order valence-electron chi connectivity index (χ2n) is 4.57. The first kappa shape index (κ1) is 13.8. The SMILES string of the molecule is Nc1ccc(C(=O)NCc2cccc3c2OCO3)cc1Br. The molecule has 3 rings (SSSR count). The second-order valence-corrected chi connectivity index (χ2v) is 5.42. The van der Waals surface area contributed by atoms with E-state index in [0.717, 1.165) is 5.56 Å². The van der Waals surface area contributed by atoms with Crippen LogP contribution in [0.1, 0.15) is 15.9 Å². The van der Waals surface area contributed by atoms with Gasteiger partial charge >= 0.3 is 0 Å². The summed E-state index contributed by atoms with van der Waals surface area (Å²) in [5.41, 5.74) is 7.73. The van der Waals surface area contributed by atoms with Crippen LogP contribution in [-0.2, 0) is 6.54 Å². The average Bonchev–Trinajstić information content (AvgIpc) is 2.96. The molecule has 1 amide bonds. The molecule has 1 aliphatic heterocycles. The first-order valence-corrected chi connectivity index (χ1v) is 7.15. The maximum atomic E-state index is 12.1. The number of benzene rings is 2. The van der Waals surface area contributed by atoms with Gasteiger partial charge in [-0.1, -0.05) is 12.1 Å². The van der Waals surface area contributed by atoms with E-state index < -0.39 is 0 Å². The van der Waals surface area contributed by atoms with E-state index in [1.807, 2.05) is 18.2 Å². The lowest BCUT2D eigenvalue weighted by Gasteiger charge is -2.08. The third-order valence-electron chi connectivity index (χ3n) is 3.18. The van der Waals surface area contributed by atoms with E-state index in [9.17, 15) is 4.79 Å². The zero-order chi connectivity index (χ0) is 14.8. The number of amides is 1. The Morgan fingerprint density at radius 1 is 1.29 bits per heavy atom. The van der Waals surface area contributed by atoms with Crippen molar-refractivity contribution in [3.8, 4) is 11.5 Å². The van der Waals surface area contributed by atoms with Crippen LogP contribution < -0.4 is 20.5 Å². The van der Waals surface area contributed by atoms with Gasteiger partial charge in [-0.3, -0.25) is 4.79 Å². The normalized spacial score (nSPS) is 12.2. The van der Waals surface area contributed by atoms with E-state index in [-0.39, 0.29) is 12.7 Å². The van der Waals surface area contributed by atoms with Crippen molar-refractivity contribution < 1.29 is 14.3 Å². The monoisotopic (exact) mass is 348 g/mol. The number of halogens is 1. The Morgan fingerprint density at radius 3 is 2.95 bits per heavy atom. The topological polar surface area (TPSA) is 73.6 Å². The molecule has 1 heterocycles. The quantitative estimate of drug-likeness (QED) is 0.836. The summed E-state index contributed by atoms with van der Waals surface area (Å²) >= 11 is 3.31. The van der Waals surface area contributed by atoms with Crippen LogP contribution >= 0.6 is 15.9 Å². The third kappa shape index (κ3) is 2.80. The minimum atomic E-state index is -0.174. The molecular weight excluding hydrogens is 336 g/mol.